The van der Waals surface area contributed by atoms with E-state index >= 15 is 0 Å². The second kappa shape index (κ2) is 7.87. The summed E-state index contributed by atoms with van der Waals surface area (Å²) < 4.78 is 11.5. The van der Waals surface area contributed by atoms with Crippen LogP contribution in [0, 0.1) is 6.92 Å². The lowest BCUT2D eigenvalue weighted by molar-refractivity contribution is 0.663. The van der Waals surface area contributed by atoms with E-state index in [2.05, 4.69) is 143 Å². The number of hydrogen-bond acceptors (Lipinski definition) is 1. The Bertz CT molecular complexity index is 2440. The highest BCUT2D eigenvalue weighted by Gasteiger charge is 2.23. The molecule has 9 aromatic rings. The maximum absolute atomic E-state index is 6.69. The van der Waals surface area contributed by atoms with Gasteiger partial charge in [0.25, 0.3) is 0 Å². The van der Waals surface area contributed by atoms with Crippen LogP contribution in [0.2, 0.25) is 0 Å². The summed E-state index contributed by atoms with van der Waals surface area (Å²) in [6.45, 7) is 2.12. The normalized spacial score (nSPS) is 12.1. The van der Waals surface area contributed by atoms with Gasteiger partial charge in [0.05, 0.1) is 27.8 Å². The fourth-order valence-corrected chi connectivity index (χ4v) is 6.72. The average Bonchev–Trinajstić information content (AvgIpc) is 3.66. The van der Waals surface area contributed by atoms with E-state index in [1.165, 1.54) is 43.6 Å². The molecule has 0 bridgehead atoms. The SMILES string of the molecule is Cc1cccc2c1oc1c(-n3c4ccccc4c4ccc5c6ccccc6n(-c6ccccc6)c5c43)cccc12. The van der Waals surface area contributed by atoms with E-state index in [0.717, 1.165) is 38.9 Å². The number of aryl methyl sites for hydroxylation is 1. The summed E-state index contributed by atoms with van der Waals surface area (Å²) >= 11 is 0. The van der Waals surface area contributed by atoms with Crippen molar-refractivity contribution in [1.29, 1.82) is 0 Å². The van der Waals surface area contributed by atoms with Gasteiger partial charge in [-0.2, -0.15) is 0 Å². The third kappa shape index (κ3) is 2.73. The Balaban J connectivity index is 1.55. The van der Waals surface area contributed by atoms with E-state index in [9.17, 15) is 0 Å². The summed E-state index contributed by atoms with van der Waals surface area (Å²) in [6, 6.07) is 45.6. The molecule has 0 spiro atoms. The Hall–Kier alpha value is -5.28. The molecule has 0 atom stereocenters. The first-order valence-electron chi connectivity index (χ1n) is 13.7. The molecule has 0 saturated heterocycles. The van der Waals surface area contributed by atoms with E-state index in [4.69, 9.17) is 4.42 Å². The maximum atomic E-state index is 6.69. The standard InChI is InChI=1S/C37H24N2O/c1-23-11-9-16-29-30-17-10-20-33(37(30)40-36(23)29)39-32-19-8-6-15-26(32)28-22-21-27-25-14-5-7-18-31(25)38(34(27)35(28)39)24-12-3-2-4-13-24/h2-22H,1H3. The van der Waals surface area contributed by atoms with Gasteiger partial charge in [-0.05, 0) is 42.8 Å². The fourth-order valence-electron chi connectivity index (χ4n) is 6.72. The van der Waals surface area contributed by atoms with Crippen LogP contribution in [-0.4, -0.2) is 9.13 Å². The van der Waals surface area contributed by atoms with Gasteiger partial charge in [-0.15, -0.1) is 0 Å². The molecule has 0 amide bonds. The van der Waals surface area contributed by atoms with Crippen LogP contribution in [0.5, 0.6) is 0 Å². The second-order valence-electron chi connectivity index (χ2n) is 10.6. The van der Waals surface area contributed by atoms with E-state index in [1.807, 2.05) is 0 Å². The summed E-state index contributed by atoms with van der Waals surface area (Å²) in [5, 5.41) is 7.24. The van der Waals surface area contributed by atoms with Crippen molar-refractivity contribution in [3.63, 3.8) is 0 Å². The molecular formula is C37H24N2O. The second-order valence-corrected chi connectivity index (χ2v) is 10.6. The van der Waals surface area contributed by atoms with Crippen LogP contribution in [-0.2, 0) is 0 Å². The lowest BCUT2D eigenvalue weighted by Crippen LogP contribution is -1.98. The van der Waals surface area contributed by atoms with Crippen LogP contribution >= 0.6 is 0 Å². The zero-order valence-corrected chi connectivity index (χ0v) is 21.9. The summed E-state index contributed by atoms with van der Waals surface area (Å²) in [5.74, 6) is 0. The Labute approximate surface area is 230 Å². The van der Waals surface area contributed by atoms with Gasteiger partial charge in [0.15, 0.2) is 5.58 Å². The molecule has 0 N–H and O–H groups in total. The molecule has 0 saturated carbocycles. The molecule has 188 valence electrons. The van der Waals surface area contributed by atoms with Crippen LogP contribution in [0.1, 0.15) is 5.56 Å². The predicted molar refractivity (Wildman–Crippen MR) is 167 cm³/mol. The molecule has 0 aliphatic carbocycles. The van der Waals surface area contributed by atoms with Gasteiger partial charge in [-0.3, -0.25) is 0 Å². The highest BCUT2D eigenvalue weighted by Crippen LogP contribution is 2.43. The van der Waals surface area contributed by atoms with Gasteiger partial charge in [0.2, 0.25) is 0 Å². The van der Waals surface area contributed by atoms with Gasteiger partial charge in [-0.1, -0.05) is 97.1 Å². The van der Waals surface area contributed by atoms with Crippen molar-refractivity contribution in [1.82, 2.24) is 9.13 Å². The molecule has 0 fully saturated rings. The Morgan fingerprint density at radius 1 is 0.425 bits per heavy atom. The molecule has 0 unspecified atom stereocenters. The number of furan rings is 1. The van der Waals surface area contributed by atoms with Crippen molar-refractivity contribution in [3.8, 4) is 11.4 Å². The van der Waals surface area contributed by atoms with Gasteiger partial charge in [0, 0.05) is 38.0 Å². The maximum Gasteiger partial charge on any atom is 0.159 e. The molecule has 6 aromatic carbocycles. The minimum atomic E-state index is 0.911. The Morgan fingerprint density at radius 2 is 0.975 bits per heavy atom. The molecule has 3 heterocycles. The minimum absolute atomic E-state index is 0.911. The topological polar surface area (TPSA) is 23.0 Å². The van der Waals surface area contributed by atoms with E-state index in [0.29, 0.717) is 0 Å². The highest BCUT2D eigenvalue weighted by atomic mass is 16.3. The third-order valence-corrected chi connectivity index (χ3v) is 8.42. The Kier molecular flexibility index (Phi) is 4.26. The van der Waals surface area contributed by atoms with Gasteiger partial charge in [-0.25, -0.2) is 0 Å². The summed E-state index contributed by atoms with van der Waals surface area (Å²) in [6.07, 6.45) is 0. The monoisotopic (exact) mass is 512 g/mol. The molecule has 3 nitrogen and oxygen atoms in total. The molecule has 0 aliphatic heterocycles. The number of benzene rings is 6. The first kappa shape index (κ1) is 21.6. The van der Waals surface area contributed by atoms with E-state index in [1.54, 1.807) is 0 Å². The first-order chi connectivity index (χ1) is 19.8. The number of rotatable bonds is 2. The number of aromatic nitrogens is 2. The average molecular weight is 513 g/mol. The van der Waals surface area contributed by atoms with Crippen molar-refractivity contribution in [2.24, 2.45) is 0 Å². The van der Waals surface area contributed by atoms with Gasteiger partial charge in [0.1, 0.15) is 5.58 Å². The van der Waals surface area contributed by atoms with Crippen LogP contribution in [0.15, 0.2) is 132 Å². The fraction of sp³-hybridized carbons (Fsp3) is 0.0270. The minimum Gasteiger partial charge on any atom is -0.454 e. The highest BCUT2D eigenvalue weighted by molar-refractivity contribution is 6.24. The number of nitrogens with zero attached hydrogens (tertiary/aromatic N) is 2. The van der Waals surface area contributed by atoms with Gasteiger partial charge < -0.3 is 13.6 Å². The molecule has 3 heteroatoms. The first-order valence-corrected chi connectivity index (χ1v) is 13.7. The molecule has 9 rings (SSSR count). The summed E-state index contributed by atoms with van der Waals surface area (Å²) in [7, 11) is 0. The number of para-hydroxylation sites is 5. The zero-order valence-electron chi connectivity index (χ0n) is 21.9. The third-order valence-electron chi connectivity index (χ3n) is 8.42. The van der Waals surface area contributed by atoms with Crippen LogP contribution < -0.4 is 0 Å². The summed E-state index contributed by atoms with van der Waals surface area (Å²) in [5.41, 5.74) is 9.96. The predicted octanol–water partition coefficient (Wildman–Crippen LogP) is 10.1. The zero-order chi connectivity index (χ0) is 26.4. The smallest absolute Gasteiger partial charge is 0.159 e. The van der Waals surface area contributed by atoms with Crippen molar-refractivity contribution < 1.29 is 4.42 Å². The Morgan fingerprint density at radius 3 is 1.70 bits per heavy atom. The number of fused-ring (bicyclic) bond motifs is 10. The molecule has 0 aliphatic rings. The van der Waals surface area contributed by atoms with Crippen molar-refractivity contribution in [3.05, 3.63) is 133 Å². The molecule has 0 radical (unpaired) electrons. The molecule has 40 heavy (non-hydrogen) atoms. The largest absolute Gasteiger partial charge is 0.454 e. The van der Waals surface area contributed by atoms with Crippen molar-refractivity contribution in [2.75, 3.05) is 0 Å². The van der Waals surface area contributed by atoms with Crippen LogP contribution in [0.4, 0.5) is 0 Å². The molecule has 3 aromatic heterocycles. The van der Waals surface area contributed by atoms with E-state index < -0.39 is 0 Å². The quantitative estimate of drug-likeness (QED) is 0.226. The number of hydrogen-bond donors (Lipinski definition) is 0. The summed E-state index contributed by atoms with van der Waals surface area (Å²) in [4.78, 5) is 0. The lowest BCUT2D eigenvalue weighted by atomic mass is 10.1. The lowest BCUT2D eigenvalue weighted by Gasteiger charge is -2.12. The van der Waals surface area contributed by atoms with Gasteiger partial charge >= 0.3 is 0 Å². The molecular weight excluding hydrogens is 488 g/mol. The van der Waals surface area contributed by atoms with Crippen molar-refractivity contribution >= 4 is 65.6 Å². The van der Waals surface area contributed by atoms with Crippen LogP contribution in [0.25, 0.3) is 76.9 Å². The van der Waals surface area contributed by atoms with Crippen LogP contribution in [0.3, 0.4) is 0 Å². The van der Waals surface area contributed by atoms with Crippen molar-refractivity contribution in [2.45, 2.75) is 6.92 Å². The van der Waals surface area contributed by atoms with E-state index in [-0.39, 0.29) is 0 Å².